The average molecular weight is 830 g/mol. The van der Waals surface area contributed by atoms with Crippen molar-refractivity contribution in [2.24, 2.45) is 0 Å². The van der Waals surface area contributed by atoms with Gasteiger partial charge in [0.25, 0.3) is 0 Å². The number of carbonyl (C=O) groups excluding carboxylic acids is 3. The van der Waals surface area contributed by atoms with Crippen LogP contribution in [0.3, 0.4) is 0 Å². The number of hydrogen-bond acceptors (Lipinski definition) is 7. The number of quaternary nitrogens is 1. The van der Waals surface area contributed by atoms with Crippen molar-refractivity contribution in [3.63, 3.8) is 0 Å². The van der Waals surface area contributed by atoms with Gasteiger partial charge in [-0.3, -0.25) is 9.59 Å². The van der Waals surface area contributed by atoms with E-state index in [0.717, 1.165) is 70.6 Å². The van der Waals surface area contributed by atoms with Gasteiger partial charge in [0.1, 0.15) is 12.6 Å². The van der Waals surface area contributed by atoms with Crippen LogP contribution in [0.1, 0.15) is 206 Å². The molecule has 0 heterocycles. The van der Waals surface area contributed by atoms with Crippen molar-refractivity contribution < 1.29 is 38.2 Å². The van der Waals surface area contributed by atoms with Crippen LogP contribution in [0.25, 0.3) is 0 Å². The van der Waals surface area contributed by atoms with E-state index in [1.165, 1.54) is 103 Å². The molecule has 0 bridgehead atoms. The normalized spacial score (nSPS) is 13.3. The topological polar surface area (TPSA) is 102 Å². The smallest absolute Gasteiger partial charge is 0.306 e. The van der Waals surface area contributed by atoms with Gasteiger partial charge in [-0.2, -0.15) is 0 Å². The summed E-state index contributed by atoms with van der Waals surface area (Å²) in [5, 5.41) is 11.6. The van der Waals surface area contributed by atoms with Gasteiger partial charge in [-0.05, 0) is 70.6 Å². The van der Waals surface area contributed by atoms with Crippen LogP contribution in [0.15, 0.2) is 48.6 Å². The molecular formula is C51H91NO7. The Hall–Kier alpha value is -2.71. The molecule has 0 aromatic carbocycles. The molecule has 0 N–H and O–H groups in total. The first-order chi connectivity index (χ1) is 28.6. The number of hydrogen-bond donors (Lipinski definition) is 0. The second-order valence-electron chi connectivity index (χ2n) is 17.3. The van der Waals surface area contributed by atoms with Crippen LogP contribution in [-0.2, 0) is 28.6 Å². The van der Waals surface area contributed by atoms with Crippen LogP contribution >= 0.6 is 0 Å². The number of aliphatic carboxylic acids is 1. The number of nitrogens with zero attached hydrogens (tertiary/aromatic N) is 1. The highest BCUT2D eigenvalue weighted by atomic mass is 16.6. The van der Waals surface area contributed by atoms with Crippen LogP contribution in [0, 0.1) is 0 Å². The van der Waals surface area contributed by atoms with Gasteiger partial charge in [0.15, 0.2) is 6.10 Å². The highest BCUT2D eigenvalue weighted by molar-refractivity contribution is 5.70. The van der Waals surface area contributed by atoms with Crippen molar-refractivity contribution in [1.29, 1.82) is 0 Å². The zero-order valence-electron chi connectivity index (χ0n) is 38.9. The number of unbranched alkanes of at least 4 members (excludes halogenated alkanes) is 21. The first kappa shape index (κ1) is 56.3. The number of esters is 2. The molecule has 0 saturated heterocycles. The third kappa shape index (κ3) is 40.5. The molecule has 2 unspecified atom stereocenters. The average Bonchev–Trinajstić information content (AvgIpc) is 3.19. The van der Waals surface area contributed by atoms with E-state index in [0.29, 0.717) is 12.8 Å². The fourth-order valence-corrected chi connectivity index (χ4v) is 6.96. The predicted octanol–water partition coefficient (Wildman–Crippen LogP) is 12.3. The summed E-state index contributed by atoms with van der Waals surface area (Å²) in [5.41, 5.74) is 0. The minimum Gasteiger partial charge on any atom is -0.544 e. The Balaban J connectivity index is 4.27. The van der Waals surface area contributed by atoms with E-state index in [2.05, 4.69) is 62.5 Å². The molecule has 0 aliphatic rings. The molecule has 0 aromatic rings. The van der Waals surface area contributed by atoms with E-state index in [4.69, 9.17) is 14.2 Å². The summed E-state index contributed by atoms with van der Waals surface area (Å²) in [4.78, 5) is 36.9. The quantitative estimate of drug-likeness (QED) is 0.0261. The summed E-state index contributed by atoms with van der Waals surface area (Å²) >= 11 is 0. The third-order valence-corrected chi connectivity index (χ3v) is 10.7. The minimum atomic E-state index is -1.13. The molecule has 0 spiro atoms. The first-order valence-electron chi connectivity index (χ1n) is 24.2. The lowest BCUT2D eigenvalue weighted by atomic mass is 10.1. The maximum absolute atomic E-state index is 12.7. The Kier molecular flexibility index (Phi) is 40.1. The van der Waals surface area contributed by atoms with Crippen molar-refractivity contribution in [2.45, 2.75) is 219 Å². The highest BCUT2D eigenvalue weighted by Crippen LogP contribution is 2.14. The van der Waals surface area contributed by atoms with E-state index in [1.54, 1.807) is 21.1 Å². The Morgan fingerprint density at radius 3 is 1.42 bits per heavy atom. The molecule has 0 saturated carbocycles. The monoisotopic (exact) mass is 830 g/mol. The summed E-state index contributed by atoms with van der Waals surface area (Å²) in [5.74, 6) is -1.77. The Morgan fingerprint density at radius 1 is 0.525 bits per heavy atom. The molecule has 0 rings (SSSR count). The summed E-state index contributed by atoms with van der Waals surface area (Å²) in [6.07, 6.45) is 50.0. The van der Waals surface area contributed by atoms with E-state index in [-0.39, 0.29) is 42.7 Å². The Labute approximate surface area is 363 Å². The molecule has 8 heteroatoms. The standard InChI is InChI=1S/C51H91NO7/c1-6-8-10-12-14-16-18-20-22-23-24-25-26-27-28-30-31-33-35-37-39-41-49(53)58-46-47(45-57-44-43-48(51(55)56)52(3,4)5)59-50(54)42-40-38-36-34-32-29-21-19-17-15-13-11-9-7-2/h9,11,15,17,21,25-26,29,47-48H,6-8,10,12-14,16,18-20,22-24,27-28,30-46H2,1-5H3/b11-9+,17-15+,26-25+,29-21+. The second-order valence-corrected chi connectivity index (χ2v) is 17.3. The molecule has 0 aliphatic carbocycles. The molecule has 59 heavy (non-hydrogen) atoms. The van der Waals surface area contributed by atoms with E-state index in [9.17, 15) is 19.5 Å². The van der Waals surface area contributed by atoms with Crippen LogP contribution < -0.4 is 5.11 Å². The first-order valence-corrected chi connectivity index (χ1v) is 24.2. The van der Waals surface area contributed by atoms with Gasteiger partial charge in [0.2, 0.25) is 0 Å². The van der Waals surface area contributed by atoms with Gasteiger partial charge in [-0.1, -0.05) is 165 Å². The molecule has 0 fully saturated rings. The van der Waals surface area contributed by atoms with Crippen molar-refractivity contribution in [1.82, 2.24) is 0 Å². The molecule has 8 nitrogen and oxygen atoms in total. The van der Waals surface area contributed by atoms with Crippen molar-refractivity contribution in [2.75, 3.05) is 41.0 Å². The lowest BCUT2D eigenvalue weighted by molar-refractivity contribution is -0.889. The largest absolute Gasteiger partial charge is 0.544 e. The lowest BCUT2D eigenvalue weighted by Crippen LogP contribution is -2.55. The Bertz CT molecular complexity index is 1110. The summed E-state index contributed by atoms with van der Waals surface area (Å²) < 4.78 is 17.2. The minimum absolute atomic E-state index is 0.0298. The van der Waals surface area contributed by atoms with Gasteiger partial charge < -0.3 is 28.6 Å². The number of likely N-dealkylation sites (N-methyl/N-ethyl adjacent to an activating group) is 1. The summed E-state index contributed by atoms with van der Waals surface area (Å²) in [6, 6.07) is -0.731. The van der Waals surface area contributed by atoms with E-state index < -0.39 is 18.1 Å². The zero-order valence-corrected chi connectivity index (χ0v) is 38.9. The zero-order chi connectivity index (χ0) is 43.5. The maximum atomic E-state index is 12.7. The fourth-order valence-electron chi connectivity index (χ4n) is 6.96. The van der Waals surface area contributed by atoms with Crippen LogP contribution in [0.4, 0.5) is 0 Å². The van der Waals surface area contributed by atoms with Gasteiger partial charge >= 0.3 is 11.9 Å². The van der Waals surface area contributed by atoms with Gasteiger partial charge in [-0.15, -0.1) is 0 Å². The summed E-state index contributed by atoms with van der Waals surface area (Å²) in [7, 11) is 5.40. The molecule has 0 amide bonds. The van der Waals surface area contributed by atoms with E-state index >= 15 is 0 Å². The number of rotatable bonds is 43. The second kappa shape index (κ2) is 42.0. The molecule has 2 atom stereocenters. The van der Waals surface area contributed by atoms with Crippen LogP contribution in [0.5, 0.6) is 0 Å². The van der Waals surface area contributed by atoms with Gasteiger partial charge in [-0.25, -0.2) is 0 Å². The van der Waals surface area contributed by atoms with Crippen LogP contribution in [-0.4, -0.2) is 75.5 Å². The predicted molar refractivity (Wildman–Crippen MR) is 245 cm³/mol. The number of carboxylic acid groups (broad SMARTS) is 1. The summed E-state index contributed by atoms with van der Waals surface area (Å²) in [6.45, 7) is 4.53. The highest BCUT2D eigenvalue weighted by Gasteiger charge is 2.25. The number of ether oxygens (including phenoxy) is 3. The molecule has 342 valence electrons. The fraction of sp³-hybridized carbons (Fsp3) is 0.784. The molecule has 0 aromatic heterocycles. The van der Waals surface area contributed by atoms with Crippen LogP contribution in [0.2, 0.25) is 0 Å². The lowest BCUT2D eigenvalue weighted by Gasteiger charge is -2.34. The van der Waals surface area contributed by atoms with Crippen molar-refractivity contribution in [3.8, 4) is 0 Å². The van der Waals surface area contributed by atoms with Gasteiger partial charge in [0.05, 0.1) is 40.3 Å². The number of allylic oxidation sites excluding steroid dienone is 8. The van der Waals surface area contributed by atoms with Gasteiger partial charge in [0, 0.05) is 19.3 Å². The SMILES string of the molecule is CC/C=C/C/C=C/C/C=C/CCCCCCC(=O)OC(COCCC(C(=O)[O-])[N+](C)(C)C)COC(=O)CCCCCCCCC/C=C/CCCCCCCCCCCC. The number of carbonyl (C=O) groups is 3. The molecule has 0 radical (unpaired) electrons. The van der Waals surface area contributed by atoms with Crippen molar-refractivity contribution in [3.05, 3.63) is 48.6 Å². The number of carboxylic acids is 1. The van der Waals surface area contributed by atoms with Crippen molar-refractivity contribution >= 4 is 17.9 Å². The molecular weight excluding hydrogens is 739 g/mol. The molecule has 0 aliphatic heterocycles. The Morgan fingerprint density at radius 2 is 0.949 bits per heavy atom. The van der Waals surface area contributed by atoms with E-state index in [1.807, 2.05) is 0 Å². The third-order valence-electron chi connectivity index (χ3n) is 10.7. The maximum Gasteiger partial charge on any atom is 0.306 e.